The van der Waals surface area contributed by atoms with Crippen molar-refractivity contribution in [1.29, 1.82) is 0 Å². The van der Waals surface area contributed by atoms with Gasteiger partial charge in [0.1, 0.15) is 10.2 Å². The molecular formula is C12H10ClN3O3S. The van der Waals surface area contributed by atoms with Gasteiger partial charge >= 0.3 is 12.0 Å². The molecule has 0 aliphatic heterocycles. The van der Waals surface area contributed by atoms with Crippen LogP contribution in [0.5, 0.6) is 0 Å². The number of hydrogen-bond acceptors (Lipinski definition) is 4. The molecule has 0 unspecified atom stereocenters. The maximum atomic E-state index is 11.8. The number of thiophene rings is 1. The maximum Gasteiger partial charge on any atom is 0.338 e. The van der Waals surface area contributed by atoms with Gasteiger partial charge in [-0.1, -0.05) is 11.6 Å². The van der Waals surface area contributed by atoms with Crippen molar-refractivity contribution in [2.24, 2.45) is 0 Å². The first kappa shape index (κ1) is 14.3. The lowest BCUT2D eigenvalue weighted by atomic mass is 10.3. The Morgan fingerprint density at radius 3 is 2.80 bits per heavy atom. The van der Waals surface area contributed by atoms with Gasteiger partial charge in [0.2, 0.25) is 0 Å². The average Bonchev–Trinajstić information content (AvgIpc) is 2.82. The van der Waals surface area contributed by atoms with Crippen LogP contribution in [0.1, 0.15) is 15.9 Å². The predicted octanol–water partition coefficient (Wildman–Crippen LogP) is 3.45. The van der Waals surface area contributed by atoms with Crippen LogP contribution in [0.25, 0.3) is 0 Å². The molecule has 6 nitrogen and oxygen atoms in total. The second-order valence-electron chi connectivity index (χ2n) is 3.88. The lowest BCUT2D eigenvalue weighted by molar-refractivity contribution is 0.0698. The number of carboxylic acids is 1. The van der Waals surface area contributed by atoms with E-state index in [1.807, 2.05) is 0 Å². The Bertz CT molecular complexity index is 672. The summed E-state index contributed by atoms with van der Waals surface area (Å²) in [6, 6.07) is 2.55. The Morgan fingerprint density at radius 1 is 1.40 bits per heavy atom. The van der Waals surface area contributed by atoms with Crippen molar-refractivity contribution in [2.45, 2.75) is 6.92 Å². The van der Waals surface area contributed by atoms with Crippen LogP contribution in [0.2, 0.25) is 5.15 Å². The number of carbonyl (C=O) groups is 2. The molecule has 0 aliphatic rings. The van der Waals surface area contributed by atoms with Crippen molar-refractivity contribution < 1.29 is 14.7 Å². The van der Waals surface area contributed by atoms with E-state index in [4.69, 9.17) is 16.7 Å². The Morgan fingerprint density at radius 2 is 2.15 bits per heavy atom. The molecule has 104 valence electrons. The van der Waals surface area contributed by atoms with Crippen LogP contribution in [0.3, 0.4) is 0 Å². The second kappa shape index (κ2) is 5.89. The third kappa shape index (κ3) is 3.25. The SMILES string of the molecule is Cc1cc(NC(=O)Nc2sccc2C(=O)O)cnc1Cl. The van der Waals surface area contributed by atoms with E-state index < -0.39 is 12.0 Å². The summed E-state index contributed by atoms with van der Waals surface area (Å²) in [5.41, 5.74) is 1.25. The summed E-state index contributed by atoms with van der Waals surface area (Å²) in [7, 11) is 0. The summed E-state index contributed by atoms with van der Waals surface area (Å²) in [5.74, 6) is -1.09. The zero-order valence-corrected chi connectivity index (χ0v) is 11.9. The number of nitrogens with zero attached hydrogens (tertiary/aromatic N) is 1. The van der Waals surface area contributed by atoms with Gasteiger partial charge in [0, 0.05) is 0 Å². The number of halogens is 1. The lowest BCUT2D eigenvalue weighted by Gasteiger charge is -2.07. The molecular weight excluding hydrogens is 302 g/mol. The number of amides is 2. The molecule has 0 fully saturated rings. The average molecular weight is 312 g/mol. The summed E-state index contributed by atoms with van der Waals surface area (Å²) < 4.78 is 0. The zero-order valence-electron chi connectivity index (χ0n) is 10.3. The van der Waals surface area contributed by atoms with E-state index in [9.17, 15) is 9.59 Å². The first-order valence-corrected chi connectivity index (χ1v) is 6.74. The highest BCUT2D eigenvalue weighted by Crippen LogP contribution is 2.23. The number of pyridine rings is 1. The lowest BCUT2D eigenvalue weighted by Crippen LogP contribution is -2.20. The van der Waals surface area contributed by atoms with E-state index in [1.165, 1.54) is 12.3 Å². The normalized spacial score (nSPS) is 10.1. The summed E-state index contributed by atoms with van der Waals surface area (Å²) in [6.07, 6.45) is 1.42. The van der Waals surface area contributed by atoms with Crippen LogP contribution in [-0.2, 0) is 0 Å². The monoisotopic (exact) mass is 311 g/mol. The number of carbonyl (C=O) groups excluding carboxylic acids is 1. The highest BCUT2D eigenvalue weighted by atomic mass is 35.5. The number of carboxylic acid groups (broad SMARTS) is 1. The molecule has 0 aromatic carbocycles. The number of hydrogen-bond donors (Lipinski definition) is 3. The van der Waals surface area contributed by atoms with E-state index in [2.05, 4.69) is 15.6 Å². The molecule has 0 bridgehead atoms. The number of aromatic nitrogens is 1. The van der Waals surface area contributed by atoms with Crippen LogP contribution in [-0.4, -0.2) is 22.1 Å². The largest absolute Gasteiger partial charge is 0.478 e. The van der Waals surface area contributed by atoms with Gasteiger partial charge in [-0.2, -0.15) is 0 Å². The zero-order chi connectivity index (χ0) is 14.7. The molecule has 0 saturated heterocycles. The minimum absolute atomic E-state index is 0.0514. The van der Waals surface area contributed by atoms with Crippen molar-refractivity contribution in [3.63, 3.8) is 0 Å². The van der Waals surface area contributed by atoms with Crippen molar-refractivity contribution in [1.82, 2.24) is 4.98 Å². The quantitative estimate of drug-likeness (QED) is 0.757. The number of aromatic carboxylic acids is 1. The molecule has 2 aromatic rings. The maximum absolute atomic E-state index is 11.8. The van der Waals surface area contributed by atoms with Crippen LogP contribution in [0.4, 0.5) is 15.5 Å². The Balaban J connectivity index is 2.07. The van der Waals surface area contributed by atoms with Gasteiger partial charge < -0.3 is 10.4 Å². The number of anilines is 2. The van der Waals surface area contributed by atoms with Gasteiger partial charge in [-0.25, -0.2) is 14.6 Å². The topological polar surface area (TPSA) is 91.3 Å². The van der Waals surface area contributed by atoms with Gasteiger partial charge in [-0.15, -0.1) is 11.3 Å². The van der Waals surface area contributed by atoms with Gasteiger partial charge in [-0.3, -0.25) is 5.32 Å². The molecule has 0 saturated carbocycles. The van der Waals surface area contributed by atoms with Gasteiger partial charge in [0.15, 0.2) is 0 Å². The van der Waals surface area contributed by atoms with E-state index in [-0.39, 0.29) is 10.6 Å². The first-order chi connectivity index (χ1) is 9.47. The van der Waals surface area contributed by atoms with Crippen LogP contribution in [0.15, 0.2) is 23.7 Å². The molecule has 3 N–H and O–H groups in total. The smallest absolute Gasteiger partial charge is 0.338 e. The van der Waals surface area contributed by atoms with E-state index in [0.29, 0.717) is 10.8 Å². The molecule has 0 aliphatic carbocycles. The molecule has 2 amide bonds. The van der Waals surface area contributed by atoms with E-state index in [0.717, 1.165) is 16.9 Å². The molecule has 0 spiro atoms. The van der Waals surface area contributed by atoms with Crippen molar-refractivity contribution in [2.75, 3.05) is 10.6 Å². The number of aryl methyl sites for hydroxylation is 1. The fourth-order valence-corrected chi connectivity index (χ4v) is 2.34. The predicted molar refractivity (Wildman–Crippen MR) is 77.9 cm³/mol. The second-order valence-corrected chi connectivity index (χ2v) is 5.15. The highest BCUT2D eigenvalue weighted by molar-refractivity contribution is 7.14. The van der Waals surface area contributed by atoms with Crippen molar-refractivity contribution in [3.8, 4) is 0 Å². The Hall–Kier alpha value is -2.12. The van der Waals surface area contributed by atoms with Gasteiger partial charge in [0.25, 0.3) is 0 Å². The Kier molecular flexibility index (Phi) is 4.21. The minimum Gasteiger partial charge on any atom is -0.478 e. The molecule has 0 radical (unpaired) electrons. The molecule has 0 atom stereocenters. The molecule has 2 rings (SSSR count). The third-order valence-corrected chi connectivity index (χ3v) is 3.62. The number of urea groups is 1. The summed E-state index contributed by atoms with van der Waals surface area (Å²) in [6.45, 7) is 1.76. The molecule has 8 heteroatoms. The van der Waals surface area contributed by atoms with Crippen molar-refractivity contribution >= 4 is 45.6 Å². The van der Waals surface area contributed by atoms with E-state index in [1.54, 1.807) is 18.4 Å². The van der Waals surface area contributed by atoms with Crippen LogP contribution < -0.4 is 10.6 Å². The van der Waals surface area contributed by atoms with Crippen LogP contribution >= 0.6 is 22.9 Å². The van der Waals surface area contributed by atoms with Gasteiger partial charge in [-0.05, 0) is 30.0 Å². The molecule has 2 heterocycles. The first-order valence-electron chi connectivity index (χ1n) is 5.48. The summed E-state index contributed by atoms with van der Waals surface area (Å²) >= 11 is 6.92. The summed E-state index contributed by atoms with van der Waals surface area (Å²) in [5, 5.41) is 16.2. The van der Waals surface area contributed by atoms with Gasteiger partial charge in [0.05, 0.1) is 17.4 Å². The van der Waals surface area contributed by atoms with Crippen LogP contribution in [0, 0.1) is 6.92 Å². The highest BCUT2D eigenvalue weighted by Gasteiger charge is 2.14. The number of nitrogens with one attached hydrogen (secondary N) is 2. The van der Waals surface area contributed by atoms with Crippen molar-refractivity contribution in [3.05, 3.63) is 40.0 Å². The number of rotatable bonds is 3. The molecule has 2 aromatic heterocycles. The fraction of sp³-hybridized carbons (Fsp3) is 0.0833. The Labute approximate surface area is 123 Å². The fourth-order valence-electron chi connectivity index (χ4n) is 1.47. The minimum atomic E-state index is -1.09. The third-order valence-electron chi connectivity index (χ3n) is 2.39. The summed E-state index contributed by atoms with van der Waals surface area (Å²) in [4.78, 5) is 26.6. The standard InChI is InChI=1S/C12H10ClN3O3S/c1-6-4-7(5-14-9(6)13)15-12(19)16-10-8(11(17)18)2-3-20-10/h2-5H,1H3,(H,17,18)(H2,15,16,19). The molecule has 20 heavy (non-hydrogen) atoms. The van der Waals surface area contributed by atoms with E-state index >= 15 is 0 Å².